The number of hydrogen-bond acceptors (Lipinski definition) is 5. The van der Waals surface area contributed by atoms with E-state index in [4.69, 9.17) is 5.73 Å². The Morgan fingerprint density at radius 3 is 2.47 bits per heavy atom. The number of benzene rings is 3. The highest BCUT2D eigenvalue weighted by atomic mass is 79.9. The van der Waals surface area contributed by atoms with E-state index in [0.717, 1.165) is 51.2 Å². The molecule has 3 aromatic carbocycles. The van der Waals surface area contributed by atoms with E-state index >= 15 is 0 Å². The standard InChI is InChI=1S/C32H30BrN3OS/c1-19-7-4-5-10-29(19)38-18-22-16-25(21(3)15-20(22)2)30-26(17-34)32(35)36(24-13-11-23(33)12-14-24)27-8-6-9-28(37)31(27)30/h4-5,7,10-16,30H,6,8-9,18,35H2,1-3H3. The van der Waals surface area contributed by atoms with Crippen molar-refractivity contribution in [2.45, 2.75) is 56.6 Å². The summed E-state index contributed by atoms with van der Waals surface area (Å²) in [4.78, 5) is 16.7. The SMILES string of the molecule is Cc1cc(C)c(C2C(C#N)=C(N)N(c3ccc(Br)cc3)C3=C2C(=O)CCC3)cc1CSc1ccccc1C. The molecule has 1 unspecified atom stereocenters. The molecule has 3 aromatic rings. The lowest BCUT2D eigenvalue weighted by Crippen LogP contribution is -2.38. The monoisotopic (exact) mass is 583 g/mol. The van der Waals surface area contributed by atoms with Crippen molar-refractivity contribution in [3.63, 3.8) is 0 Å². The maximum atomic E-state index is 13.6. The Kier molecular flexibility index (Phi) is 7.52. The average molecular weight is 585 g/mol. The van der Waals surface area contributed by atoms with Crippen LogP contribution in [0.1, 0.15) is 53.0 Å². The fourth-order valence-corrected chi connectivity index (χ4v) is 6.90. The van der Waals surface area contributed by atoms with Crippen LogP contribution in [-0.4, -0.2) is 5.78 Å². The summed E-state index contributed by atoms with van der Waals surface area (Å²) in [6, 6.07) is 23.0. The maximum Gasteiger partial charge on any atom is 0.161 e. The summed E-state index contributed by atoms with van der Waals surface area (Å²) in [5, 5.41) is 10.4. The molecule has 38 heavy (non-hydrogen) atoms. The van der Waals surface area contributed by atoms with Gasteiger partial charge >= 0.3 is 0 Å². The Morgan fingerprint density at radius 1 is 1.03 bits per heavy atom. The van der Waals surface area contributed by atoms with Gasteiger partial charge in [-0.15, -0.1) is 11.8 Å². The van der Waals surface area contributed by atoms with E-state index in [1.807, 2.05) is 40.9 Å². The lowest BCUT2D eigenvalue weighted by atomic mass is 9.74. The number of carbonyl (C=O) groups is 1. The second kappa shape index (κ2) is 10.8. The molecule has 1 heterocycles. The second-order valence-corrected chi connectivity index (χ2v) is 11.9. The minimum absolute atomic E-state index is 0.106. The Bertz CT molecular complexity index is 1530. The number of Topliss-reactive ketones (excluding diaryl/α,β-unsaturated/α-hetero) is 1. The molecule has 6 heteroatoms. The Labute approximate surface area is 237 Å². The summed E-state index contributed by atoms with van der Waals surface area (Å²) in [5.41, 5.74) is 15.4. The van der Waals surface area contributed by atoms with E-state index in [1.54, 1.807) is 0 Å². The number of nitrogens with two attached hydrogens (primary N) is 1. The zero-order valence-electron chi connectivity index (χ0n) is 21.8. The van der Waals surface area contributed by atoms with E-state index in [1.165, 1.54) is 21.6 Å². The van der Waals surface area contributed by atoms with Gasteiger partial charge in [-0.25, -0.2) is 0 Å². The van der Waals surface area contributed by atoms with Gasteiger partial charge in [0.05, 0.1) is 17.6 Å². The third-order valence-electron chi connectivity index (χ3n) is 7.51. The quantitative estimate of drug-likeness (QED) is 0.308. The molecule has 2 N–H and O–H groups in total. The Morgan fingerprint density at radius 2 is 1.76 bits per heavy atom. The molecule has 0 fully saturated rings. The van der Waals surface area contributed by atoms with Crippen LogP contribution in [0.4, 0.5) is 5.69 Å². The molecule has 5 rings (SSSR count). The number of hydrogen-bond donors (Lipinski definition) is 1. The van der Waals surface area contributed by atoms with Crippen LogP contribution in [-0.2, 0) is 10.5 Å². The molecule has 1 atom stereocenters. The summed E-state index contributed by atoms with van der Waals surface area (Å²) in [5.74, 6) is 0.860. The molecule has 0 saturated heterocycles. The smallest absolute Gasteiger partial charge is 0.161 e. The molecular weight excluding hydrogens is 554 g/mol. The van der Waals surface area contributed by atoms with Gasteiger partial charge < -0.3 is 5.73 Å². The average Bonchev–Trinajstić information content (AvgIpc) is 2.89. The number of aryl methyl sites for hydroxylation is 3. The number of anilines is 1. The zero-order valence-corrected chi connectivity index (χ0v) is 24.2. The van der Waals surface area contributed by atoms with Crippen molar-refractivity contribution in [2.75, 3.05) is 4.90 Å². The topological polar surface area (TPSA) is 70.1 Å². The van der Waals surface area contributed by atoms with Gasteiger partial charge in [0, 0.05) is 38.5 Å². The van der Waals surface area contributed by atoms with Crippen molar-refractivity contribution < 1.29 is 4.79 Å². The molecule has 192 valence electrons. The summed E-state index contributed by atoms with van der Waals surface area (Å²) < 4.78 is 0.958. The normalized spacial score (nSPS) is 17.5. The highest BCUT2D eigenvalue weighted by Crippen LogP contribution is 2.47. The van der Waals surface area contributed by atoms with Crippen LogP contribution in [0.15, 0.2) is 92.7 Å². The first-order valence-corrected chi connectivity index (χ1v) is 14.6. The molecule has 4 nitrogen and oxygen atoms in total. The Hall–Kier alpha value is -3.27. The number of nitrogens with zero attached hydrogens (tertiary/aromatic N) is 2. The predicted octanol–water partition coefficient (Wildman–Crippen LogP) is 7.97. The van der Waals surface area contributed by atoms with Crippen LogP contribution in [0, 0.1) is 32.1 Å². The summed E-state index contributed by atoms with van der Waals surface area (Å²) >= 11 is 5.31. The van der Waals surface area contributed by atoms with E-state index in [2.05, 4.69) is 79.2 Å². The van der Waals surface area contributed by atoms with Gasteiger partial charge in [-0.1, -0.05) is 46.3 Å². The van der Waals surface area contributed by atoms with E-state index in [9.17, 15) is 10.1 Å². The van der Waals surface area contributed by atoms with Crippen LogP contribution < -0.4 is 10.6 Å². The van der Waals surface area contributed by atoms with E-state index in [0.29, 0.717) is 17.8 Å². The molecule has 0 amide bonds. The Balaban J connectivity index is 1.63. The summed E-state index contributed by atoms with van der Waals surface area (Å²) in [6.45, 7) is 6.33. The number of thioether (sulfide) groups is 1. The van der Waals surface area contributed by atoms with E-state index < -0.39 is 5.92 Å². The molecule has 0 spiro atoms. The fraction of sp³-hybridized carbons (Fsp3) is 0.250. The minimum Gasteiger partial charge on any atom is -0.384 e. The van der Waals surface area contributed by atoms with Gasteiger partial charge in [-0.05, 0) is 91.8 Å². The zero-order chi connectivity index (χ0) is 27.0. The van der Waals surface area contributed by atoms with Gasteiger partial charge in [-0.2, -0.15) is 5.26 Å². The van der Waals surface area contributed by atoms with Crippen molar-refractivity contribution >= 4 is 39.2 Å². The molecule has 1 aliphatic heterocycles. The molecule has 0 aromatic heterocycles. The number of rotatable bonds is 5. The third kappa shape index (κ3) is 4.81. The van der Waals surface area contributed by atoms with Crippen LogP contribution >= 0.6 is 27.7 Å². The van der Waals surface area contributed by atoms with Gasteiger partial charge in [0.1, 0.15) is 5.82 Å². The highest BCUT2D eigenvalue weighted by molar-refractivity contribution is 9.10. The molecular formula is C32H30BrN3OS. The van der Waals surface area contributed by atoms with Crippen molar-refractivity contribution in [3.05, 3.63) is 116 Å². The first-order valence-electron chi connectivity index (χ1n) is 12.8. The van der Waals surface area contributed by atoms with Crippen molar-refractivity contribution in [1.29, 1.82) is 5.26 Å². The van der Waals surface area contributed by atoms with Gasteiger partial charge in [0.25, 0.3) is 0 Å². The fourth-order valence-electron chi connectivity index (χ4n) is 5.54. The first-order chi connectivity index (χ1) is 18.3. The third-order valence-corrected chi connectivity index (χ3v) is 9.26. The number of halogens is 1. The van der Waals surface area contributed by atoms with Crippen LogP contribution in [0.25, 0.3) is 0 Å². The summed E-state index contributed by atoms with van der Waals surface area (Å²) in [7, 11) is 0. The van der Waals surface area contributed by atoms with Crippen LogP contribution in [0.5, 0.6) is 0 Å². The maximum absolute atomic E-state index is 13.6. The van der Waals surface area contributed by atoms with Crippen molar-refractivity contribution in [1.82, 2.24) is 0 Å². The number of allylic oxidation sites excluding steroid dienone is 3. The number of carbonyl (C=O) groups excluding carboxylic acids is 1. The molecule has 1 aliphatic carbocycles. The van der Waals surface area contributed by atoms with Gasteiger partial charge in [0.2, 0.25) is 0 Å². The van der Waals surface area contributed by atoms with Gasteiger partial charge in [-0.3, -0.25) is 9.69 Å². The largest absolute Gasteiger partial charge is 0.384 e. The van der Waals surface area contributed by atoms with E-state index in [-0.39, 0.29) is 5.78 Å². The lowest BCUT2D eigenvalue weighted by molar-refractivity contribution is -0.116. The van der Waals surface area contributed by atoms with Gasteiger partial charge in [0.15, 0.2) is 5.78 Å². The highest BCUT2D eigenvalue weighted by Gasteiger charge is 2.41. The molecule has 0 radical (unpaired) electrons. The van der Waals surface area contributed by atoms with Crippen molar-refractivity contribution in [3.8, 4) is 6.07 Å². The summed E-state index contributed by atoms with van der Waals surface area (Å²) in [6.07, 6.45) is 2.01. The minimum atomic E-state index is -0.461. The van der Waals surface area contributed by atoms with Crippen LogP contribution in [0.3, 0.4) is 0 Å². The van der Waals surface area contributed by atoms with Crippen LogP contribution in [0.2, 0.25) is 0 Å². The predicted molar refractivity (Wildman–Crippen MR) is 159 cm³/mol. The lowest BCUT2D eigenvalue weighted by Gasteiger charge is -2.40. The molecule has 0 saturated carbocycles. The second-order valence-electron chi connectivity index (χ2n) is 9.98. The first kappa shape index (κ1) is 26.3. The molecule has 0 bridgehead atoms. The molecule has 2 aliphatic rings. The number of ketones is 1. The van der Waals surface area contributed by atoms with Crippen molar-refractivity contribution in [2.24, 2.45) is 5.73 Å². The number of nitriles is 1.